The molecule has 82 valence electrons. The van der Waals surface area contributed by atoms with E-state index in [1.807, 2.05) is 0 Å². The van der Waals surface area contributed by atoms with Crippen LogP contribution in [0.1, 0.15) is 17.6 Å². The Labute approximate surface area is 90.4 Å². The van der Waals surface area contributed by atoms with E-state index < -0.39 is 28.7 Å². The molecule has 0 aliphatic carbocycles. The van der Waals surface area contributed by atoms with Crippen molar-refractivity contribution in [2.24, 2.45) is 0 Å². The quantitative estimate of drug-likeness (QED) is 0.371. The second kappa shape index (κ2) is 4.56. The predicted octanol–water partition coefficient (Wildman–Crippen LogP) is 2.96. The number of nitro groups is 1. The Morgan fingerprint density at radius 1 is 1.60 bits per heavy atom. The highest BCUT2D eigenvalue weighted by Crippen LogP contribution is 2.31. The Hall–Kier alpha value is -1.18. The van der Waals surface area contributed by atoms with Crippen molar-refractivity contribution in [1.82, 2.24) is 4.98 Å². The largest absolute Gasteiger partial charge is 0.376 e. The van der Waals surface area contributed by atoms with E-state index in [4.69, 9.17) is 0 Å². The van der Waals surface area contributed by atoms with Crippen LogP contribution >= 0.6 is 15.9 Å². The molecule has 0 spiro atoms. The molecule has 15 heavy (non-hydrogen) atoms. The molecule has 1 rings (SSSR count). The van der Waals surface area contributed by atoms with Crippen LogP contribution in [-0.2, 0) is 5.33 Å². The highest BCUT2D eigenvalue weighted by atomic mass is 79.9. The Morgan fingerprint density at radius 3 is 2.60 bits per heavy atom. The zero-order valence-electron chi connectivity index (χ0n) is 7.08. The molecule has 1 aromatic rings. The molecule has 0 amide bonds. The number of pyridine rings is 1. The molecule has 0 aliphatic rings. The third-order valence-electron chi connectivity index (χ3n) is 1.63. The number of halogens is 4. The van der Waals surface area contributed by atoms with Crippen molar-refractivity contribution in [2.45, 2.75) is 11.8 Å². The van der Waals surface area contributed by atoms with Crippen molar-refractivity contribution in [3.8, 4) is 0 Å². The standard InChI is InChI=1S/C7H4BrF3N2O2/c8-2-3-1-4(9)12-7(13(14)15)5(3)6(10)11/h1,6H,2H2. The number of alkyl halides is 3. The van der Waals surface area contributed by atoms with Crippen LogP contribution in [0.5, 0.6) is 0 Å². The Bertz CT molecular complexity index is 400. The van der Waals surface area contributed by atoms with Gasteiger partial charge in [0.25, 0.3) is 6.43 Å². The molecule has 0 atom stereocenters. The highest BCUT2D eigenvalue weighted by Gasteiger charge is 2.28. The van der Waals surface area contributed by atoms with Gasteiger partial charge in [0.1, 0.15) is 5.56 Å². The van der Waals surface area contributed by atoms with Gasteiger partial charge in [0.15, 0.2) is 0 Å². The van der Waals surface area contributed by atoms with Crippen molar-refractivity contribution in [3.63, 3.8) is 0 Å². The minimum atomic E-state index is -3.06. The van der Waals surface area contributed by atoms with Crippen LogP contribution in [0, 0.1) is 16.1 Å². The molecule has 0 radical (unpaired) electrons. The fraction of sp³-hybridized carbons (Fsp3) is 0.286. The average molecular weight is 285 g/mol. The SMILES string of the molecule is O=[N+]([O-])c1nc(F)cc(CBr)c1C(F)F. The molecule has 8 heteroatoms. The van der Waals surface area contributed by atoms with Crippen LogP contribution in [0.15, 0.2) is 6.07 Å². The first kappa shape index (κ1) is 11.9. The lowest BCUT2D eigenvalue weighted by Crippen LogP contribution is -2.04. The van der Waals surface area contributed by atoms with Gasteiger partial charge in [0.05, 0.1) is 0 Å². The number of aromatic nitrogens is 1. The van der Waals surface area contributed by atoms with Crippen LogP contribution < -0.4 is 0 Å². The molecule has 0 bridgehead atoms. The minimum absolute atomic E-state index is 0.104. The number of nitrogens with zero attached hydrogens (tertiary/aromatic N) is 2. The summed E-state index contributed by atoms with van der Waals surface area (Å²) in [6.07, 6.45) is -3.06. The second-order valence-electron chi connectivity index (χ2n) is 2.53. The molecular formula is C7H4BrF3N2O2. The topological polar surface area (TPSA) is 56.0 Å². The van der Waals surface area contributed by atoms with Crippen LogP contribution in [0.2, 0.25) is 0 Å². The van der Waals surface area contributed by atoms with Gasteiger partial charge >= 0.3 is 11.8 Å². The van der Waals surface area contributed by atoms with Crippen LogP contribution in [0.4, 0.5) is 19.0 Å². The van der Waals surface area contributed by atoms with Gasteiger partial charge in [-0.15, -0.1) is 0 Å². The van der Waals surface area contributed by atoms with Gasteiger partial charge in [0, 0.05) is 11.4 Å². The molecular weight excluding hydrogens is 281 g/mol. The van der Waals surface area contributed by atoms with Crippen molar-refractivity contribution < 1.29 is 18.1 Å². The van der Waals surface area contributed by atoms with E-state index >= 15 is 0 Å². The lowest BCUT2D eigenvalue weighted by Gasteiger charge is -2.05. The Morgan fingerprint density at radius 2 is 2.20 bits per heavy atom. The lowest BCUT2D eigenvalue weighted by molar-refractivity contribution is -0.391. The van der Waals surface area contributed by atoms with Gasteiger partial charge in [0.2, 0.25) is 0 Å². The summed E-state index contributed by atoms with van der Waals surface area (Å²) in [5, 5.41) is 10.3. The summed E-state index contributed by atoms with van der Waals surface area (Å²) < 4.78 is 37.7. The van der Waals surface area contributed by atoms with E-state index in [1.54, 1.807) is 0 Å². The van der Waals surface area contributed by atoms with Gasteiger partial charge in [-0.1, -0.05) is 15.9 Å². The first-order chi connectivity index (χ1) is 6.97. The average Bonchev–Trinajstić information content (AvgIpc) is 2.15. The maximum absolute atomic E-state index is 12.7. The fourth-order valence-corrected chi connectivity index (χ4v) is 1.51. The summed E-state index contributed by atoms with van der Waals surface area (Å²) >= 11 is 2.84. The smallest absolute Gasteiger partial charge is 0.358 e. The molecule has 0 saturated carbocycles. The fourth-order valence-electron chi connectivity index (χ4n) is 1.05. The summed E-state index contributed by atoms with van der Waals surface area (Å²) in [7, 11) is 0. The van der Waals surface area contributed by atoms with Gasteiger partial charge in [-0.25, -0.2) is 8.78 Å². The summed E-state index contributed by atoms with van der Waals surface area (Å²) in [5.41, 5.74) is -1.03. The number of hydrogen-bond acceptors (Lipinski definition) is 3. The van der Waals surface area contributed by atoms with E-state index in [2.05, 4.69) is 20.9 Å². The van der Waals surface area contributed by atoms with Crippen LogP contribution in [0.3, 0.4) is 0 Å². The highest BCUT2D eigenvalue weighted by molar-refractivity contribution is 9.08. The number of rotatable bonds is 3. The van der Waals surface area contributed by atoms with Gasteiger partial charge in [-0.3, -0.25) is 0 Å². The first-order valence-electron chi connectivity index (χ1n) is 3.65. The molecule has 0 fully saturated rings. The number of hydrogen-bond donors (Lipinski definition) is 0. The van der Waals surface area contributed by atoms with Gasteiger partial charge < -0.3 is 10.1 Å². The van der Waals surface area contributed by atoms with E-state index in [9.17, 15) is 23.3 Å². The zero-order chi connectivity index (χ0) is 11.6. The third-order valence-corrected chi connectivity index (χ3v) is 2.23. The summed E-state index contributed by atoms with van der Waals surface area (Å²) in [5.74, 6) is -2.29. The molecule has 0 aromatic carbocycles. The van der Waals surface area contributed by atoms with Crippen molar-refractivity contribution >= 4 is 21.7 Å². The monoisotopic (exact) mass is 284 g/mol. The third kappa shape index (κ3) is 2.44. The normalized spacial score (nSPS) is 10.7. The molecule has 0 saturated heterocycles. The molecule has 4 nitrogen and oxygen atoms in total. The molecule has 1 aromatic heterocycles. The summed E-state index contributed by atoms with van der Waals surface area (Å²) in [6.45, 7) is 0. The molecule has 0 N–H and O–H groups in total. The van der Waals surface area contributed by atoms with Crippen LogP contribution in [-0.4, -0.2) is 9.91 Å². The molecule has 0 unspecified atom stereocenters. The molecule has 0 aliphatic heterocycles. The first-order valence-corrected chi connectivity index (χ1v) is 4.77. The van der Waals surface area contributed by atoms with Crippen molar-refractivity contribution in [2.75, 3.05) is 0 Å². The van der Waals surface area contributed by atoms with E-state index in [0.717, 1.165) is 6.07 Å². The van der Waals surface area contributed by atoms with Crippen LogP contribution in [0.25, 0.3) is 0 Å². The summed E-state index contributed by atoms with van der Waals surface area (Å²) in [6, 6.07) is 0.739. The van der Waals surface area contributed by atoms with Crippen molar-refractivity contribution in [3.05, 3.63) is 33.3 Å². The predicted molar refractivity (Wildman–Crippen MR) is 48.4 cm³/mol. The zero-order valence-corrected chi connectivity index (χ0v) is 8.67. The van der Waals surface area contributed by atoms with E-state index in [1.165, 1.54) is 0 Å². The molecule has 1 heterocycles. The van der Waals surface area contributed by atoms with E-state index in [0.29, 0.717) is 0 Å². The Kier molecular flexibility index (Phi) is 3.61. The van der Waals surface area contributed by atoms with Crippen molar-refractivity contribution in [1.29, 1.82) is 0 Å². The lowest BCUT2D eigenvalue weighted by atomic mass is 10.1. The van der Waals surface area contributed by atoms with Gasteiger partial charge in [-0.2, -0.15) is 4.39 Å². The minimum Gasteiger partial charge on any atom is -0.358 e. The maximum atomic E-state index is 12.7. The second-order valence-corrected chi connectivity index (χ2v) is 3.09. The maximum Gasteiger partial charge on any atom is 0.376 e. The van der Waals surface area contributed by atoms with E-state index in [-0.39, 0.29) is 10.9 Å². The summed E-state index contributed by atoms with van der Waals surface area (Å²) in [4.78, 5) is 12.1. The van der Waals surface area contributed by atoms with Gasteiger partial charge in [-0.05, 0) is 15.5 Å². The Balaban J connectivity index is 3.47.